The first-order valence-corrected chi connectivity index (χ1v) is 5.63. The van der Waals surface area contributed by atoms with Crippen LogP contribution in [-0.4, -0.2) is 42.6 Å². The van der Waals surface area contributed by atoms with E-state index in [1.807, 2.05) is 20.8 Å². The predicted octanol–water partition coefficient (Wildman–Crippen LogP) is -0.0790. The lowest BCUT2D eigenvalue weighted by Crippen LogP contribution is -2.50. The van der Waals surface area contributed by atoms with Crippen LogP contribution < -0.4 is 16.0 Å². The van der Waals surface area contributed by atoms with Gasteiger partial charge in [0.1, 0.15) is 0 Å². The Bertz CT molecular complexity index is 323. The lowest BCUT2D eigenvalue weighted by atomic mass is 9.85. The van der Waals surface area contributed by atoms with E-state index < -0.39 is 18.0 Å². The number of hydrogen-bond acceptors (Lipinski definition) is 3. The van der Waals surface area contributed by atoms with Crippen LogP contribution >= 0.6 is 0 Å². The van der Waals surface area contributed by atoms with Crippen LogP contribution in [0.25, 0.3) is 0 Å². The average Bonchev–Trinajstić information content (AvgIpc) is 2.23. The third-order valence-electron chi connectivity index (χ3n) is 2.42. The Hall–Kier alpha value is -1.79. The summed E-state index contributed by atoms with van der Waals surface area (Å²) in [6.07, 6.45) is -0.170. The zero-order valence-corrected chi connectivity index (χ0v) is 11.2. The van der Waals surface area contributed by atoms with Crippen molar-refractivity contribution in [2.45, 2.75) is 33.2 Å². The largest absolute Gasteiger partial charge is 0.481 e. The third kappa shape index (κ3) is 6.72. The Kier molecular flexibility index (Phi) is 6.15. The molecule has 0 rings (SSSR count). The summed E-state index contributed by atoms with van der Waals surface area (Å²) in [4.78, 5) is 33.2. The molecule has 0 aliphatic carbocycles. The van der Waals surface area contributed by atoms with E-state index in [1.165, 1.54) is 7.05 Å². The molecule has 0 saturated heterocycles. The second-order valence-electron chi connectivity index (χ2n) is 5.02. The molecule has 0 aliphatic rings. The summed E-state index contributed by atoms with van der Waals surface area (Å²) in [7, 11) is 1.46. The summed E-state index contributed by atoms with van der Waals surface area (Å²) < 4.78 is 0. The predicted molar refractivity (Wildman–Crippen MR) is 66.1 cm³/mol. The minimum Gasteiger partial charge on any atom is -0.481 e. The highest BCUT2D eigenvalue weighted by Gasteiger charge is 2.28. The normalized spacial score (nSPS) is 12.4. The van der Waals surface area contributed by atoms with Crippen molar-refractivity contribution in [1.29, 1.82) is 0 Å². The number of likely N-dealkylation sites (N-methyl/N-ethyl adjacent to an activating group) is 1. The molecule has 18 heavy (non-hydrogen) atoms. The van der Waals surface area contributed by atoms with Crippen LogP contribution in [0.5, 0.6) is 0 Å². The zero-order valence-electron chi connectivity index (χ0n) is 11.2. The standard InChI is InChI=1S/C11H21N3O4/c1-11(2,3)7(5-9(16)17)14-10(18)13-6-8(15)12-4/h7H,5-6H2,1-4H3,(H,12,15)(H,16,17)(H2,13,14,18). The van der Waals surface area contributed by atoms with E-state index in [0.29, 0.717) is 0 Å². The van der Waals surface area contributed by atoms with Crippen LogP contribution in [0.1, 0.15) is 27.2 Å². The van der Waals surface area contributed by atoms with E-state index in [4.69, 9.17) is 5.11 Å². The summed E-state index contributed by atoms with van der Waals surface area (Å²) in [5.74, 6) is -1.31. The van der Waals surface area contributed by atoms with Crippen molar-refractivity contribution in [3.63, 3.8) is 0 Å². The van der Waals surface area contributed by atoms with Crippen LogP contribution in [0.4, 0.5) is 4.79 Å². The van der Waals surface area contributed by atoms with Crippen molar-refractivity contribution in [3.8, 4) is 0 Å². The summed E-state index contributed by atoms with van der Waals surface area (Å²) in [6, 6.07) is -1.07. The minimum absolute atomic E-state index is 0.147. The van der Waals surface area contributed by atoms with Gasteiger partial charge >= 0.3 is 12.0 Å². The van der Waals surface area contributed by atoms with Crippen LogP contribution in [0.3, 0.4) is 0 Å². The number of carbonyl (C=O) groups excluding carboxylic acids is 2. The lowest BCUT2D eigenvalue weighted by molar-refractivity contribution is -0.138. The molecule has 0 fully saturated rings. The number of amides is 3. The molecule has 104 valence electrons. The van der Waals surface area contributed by atoms with Gasteiger partial charge < -0.3 is 21.1 Å². The molecule has 0 heterocycles. The number of carboxylic acid groups (broad SMARTS) is 1. The number of carboxylic acids is 1. The fourth-order valence-corrected chi connectivity index (χ4v) is 1.21. The summed E-state index contributed by atoms with van der Waals surface area (Å²) in [5.41, 5.74) is -0.386. The fraction of sp³-hybridized carbons (Fsp3) is 0.727. The molecule has 0 bridgehead atoms. The van der Waals surface area contributed by atoms with E-state index in [1.54, 1.807) is 0 Å². The van der Waals surface area contributed by atoms with E-state index in [0.717, 1.165) is 0 Å². The van der Waals surface area contributed by atoms with Gasteiger partial charge in [-0.05, 0) is 5.41 Å². The van der Waals surface area contributed by atoms with Crippen molar-refractivity contribution < 1.29 is 19.5 Å². The Morgan fingerprint density at radius 1 is 1.22 bits per heavy atom. The molecule has 0 aromatic carbocycles. The third-order valence-corrected chi connectivity index (χ3v) is 2.42. The van der Waals surface area contributed by atoms with Gasteiger partial charge in [-0.15, -0.1) is 0 Å². The van der Waals surface area contributed by atoms with Crippen molar-refractivity contribution in [3.05, 3.63) is 0 Å². The van der Waals surface area contributed by atoms with Gasteiger partial charge in [0.15, 0.2) is 0 Å². The first kappa shape index (κ1) is 16.2. The van der Waals surface area contributed by atoms with Crippen molar-refractivity contribution in [2.24, 2.45) is 5.41 Å². The molecule has 3 amide bonds. The maximum atomic E-state index is 11.5. The van der Waals surface area contributed by atoms with Gasteiger partial charge in [-0.25, -0.2) is 4.79 Å². The first-order chi connectivity index (χ1) is 8.16. The van der Waals surface area contributed by atoms with Crippen LogP contribution in [-0.2, 0) is 9.59 Å². The van der Waals surface area contributed by atoms with Gasteiger partial charge in [0.05, 0.1) is 13.0 Å². The first-order valence-electron chi connectivity index (χ1n) is 5.63. The SMILES string of the molecule is CNC(=O)CNC(=O)NC(CC(=O)O)C(C)(C)C. The molecule has 1 unspecified atom stereocenters. The van der Waals surface area contributed by atoms with Gasteiger partial charge in [-0.3, -0.25) is 9.59 Å². The average molecular weight is 259 g/mol. The number of rotatable bonds is 5. The van der Waals surface area contributed by atoms with Crippen LogP contribution in [0.15, 0.2) is 0 Å². The second kappa shape index (κ2) is 6.83. The molecule has 7 heteroatoms. The second-order valence-corrected chi connectivity index (χ2v) is 5.02. The zero-order chi connectivity index (χ0) is 14.3. The molecule has 0 spiro atoms. The Morgan fingerprint density at radius 3 is 2.17 bits per heavy atom. The maximum Gasteiger partial charge on any atom is 0.315 e. The number of aliphatic carboxylic acids is 1. The smallest absolute Gasteiger partial charge is 0.315 e. The summed E-state index contributed by atoms with van der Waals surface area (Å²) in [6.45, 7) is 5.35. The molecular formula is C11H21N3O4. The van der Waals surface area contributed by atoms with E-state index in [2.05, 4.69) is 16.0 Å². The number of hydrogen-bond donors (Lipinski definition) is 4. The van der Waals surface area contributed by atoms with Crippen LogP contribution in [0.2, 0.25) is 0 Å². The molecule has 0 saturated carbocycles. The van der Waals surface area contributed by atoms with E-state index in [9.17, 15) is 14.4 Å². The molecule has 1 atom stereocenters. The molecule has 7 nitrogen and oxygen atoms in total. The van der Waals surface area contributed by atoms with Gasteiger partial charge in [-0.2, -0.15) is 0 Å². The van der Waals surface area contributed by atoms with Gasteiger partial charge in [0, 0.05) is 13.1 Å². The maximum absolute atomic E-state index is 11.5. The highest BCUT2D eigenvalue weighted by Crippen LogP contribution is 2.21. The minimum atomic E-state index is -0.985. The Balaban J connectivity index is 4.36. The highest BCUT2D eigenvalue weighted by molar-refractivity contribution is 5.84. The van der Waals surface area contributed by atoms with Crippen molar-refractivity contribution in [2.75, 3.05) is 13.6 Å². The molecule has 0 aromatic heterocycles. The molecule has 0 aromatic rings. The summed E-state index contributed by atoms with van der Waals surface area (Å²) in [5, 5.41) is 16.1. The van der Waals surface area contributed by atoms with E-state index >= 15 is 0 Å². The monoisotopic (exact) mass is 259 g/mol. The Labute approximate surface area is 106 Å². The number of nitrogens with one attached hydrogen (secondary N) is 3. The quantitative estimate of drug-likeness (QED) is 0.554. The molecular weight excluding hydrogens is 238 g/mol. The molecule has 0 radical (unpaired) electrons. The van der Waals surface area contributed by atoms with Crippen molar-refractivity contribution >= 4 is 17.9 Å². The molecule has 0 aliphatic heterocycles. The van der Waals surface area contributed by atoms with Gasteiger partial charge in [0.2, 0.25) is 5.91 Å². The molecule has 4 N–H and O–H groups in total. The number of urea groups is 1. The van der Waals surface area contributed by atoms with E-state index in [-0.39, 0.29) is 24.3 Å². The van der Waals surface area contributed by atoms with Gasteiger partial charge in [-0.1, -0.05) is 20.8 Å². The fourth-order valence-electron chi connectivity index (χ4n) is 1.21. The van der Waals surface area contributed by atoms with Gasteiger partial charge in [0.25, 0.3) is 0 Å². The highest BCUT2D eigenvalue weighted by atomic mass is 16.4. The summed E-state index contributed by atoms with van der Waals surface area (Å²) >= 11 is 0. The van der Waals surface area contributed by atoms with Crippen LogP contribution in [0, 0.1) is 5.41 Å². The Morgan fingerprint density at radius 2 is 1.78 bits per heavy atom. The topological polar surface area (TPSA) is 108 Å². The lowest BCUT2D eigenvalue weighted by Gasteiger charge is -2.30. The van der Waals surface area contributed by atoms with Crippen molar-refractivity contribution in [1.82, 2.24) is 16.0 Å². The number of carbonyl (C=O) groups is 3.